The Hall–Kier alpha value is -2.22. The summed E-state index contributed by atoms with van der Waals surface area (Å²) >= 11 is 0. The molecule has 1 aliphatic heterocycles. The number of ether oxygens (including phenoxy) is 1. The lowest BCUT2D eigenvalue weighted by atomic mass is 10.3. The number of amides is 3. The van der Waals surface area contributed by atoms with E-state index in [9.17, 15) is 9.59 Å². The largest absolute Gasteiger partial charge is 0.377 e. The molecule has 0 unspecified atom stereocenters. The maximum Gasteiger partial charge on any atom is 0.323 e. The van der Waals surface area contributed by atoms with Crippen molar-refractivity contribution >= 4 is 17.8 Å². The molecule has 1 atom stereocenters. The third-order valence-corrected chi connectivity index (χ3v) is 3.19. The monoisotopic (exact) mass is 293 g/mol. The van der Waals surface area contributed by atoms with Crippen molar-refractivity contribution in [2.75, 3.05) is 32.1 Å². The van der Waals surface area contributed by atoms with E-state index in [1.807, 2.05) is 6.92 Å². The van der Waals surface area contributed by atoms with Gasteiger partial charge >= 0.3 is 6.03 Å². The van der Waals surface area contributed by atoms with Gasteiger partial charge in [0, 0.05) is 26.7 Å². The van der Waals surface area contributed by atoms with Gasteiger partial charge in [0.2, 0.25) is 0 Å². The first-order valence-electron chi connectivity index (χ1n) is 6.87. The molecule has 114 valence electrons. The lowest BCUT2D eigenvalue weighted by Crippen LogP contribution is -2.34. The second-order valence-corrected chi connectivity index (χ2v) is 4.63. The third kappa shape index (κ3) is 3.88. The minimum absolute atomic E-state index is 0.0995. The first-order chi connectivity index (χ1) is 10.1. The molecule has 2 N–H and O–H groups in total. The van der Waals surface area contributed by atoms with Crippen molar-refractivity contribution in [3.8, 4) is 0 Å². The zero-order valence-electron chi connectivity index (χ0n) is 12.1. The van der Waals surface area contributed by atoms with Gasteiger partial charge in [0.25, 0.3) is 5.91 Å². The van der Waals surface area contributed by atoms with E-state index in [-0.39, 0.29) is 23.7 Å². The Kier molecular flexibility index (Phi) is 5.04. The van der Waals surface area contributed by atoms with Crippen LogP contribution in [0.25, 0.3) is 0 Å². The maximum atomic E-state index is 12.1. The van der Waals surface area contributed by atoms with Crippen LogP contribution in [-0.2, 0) is 4.74 Å². The van der Waals surface area contributed by atoms with Gasteiger partial charge in [-0.1, -0.05) is 0 Å². The molecular formula is C13H19N5O3. The number of nitrogens with zero attached hydrogens (tertiary/aromatic N) is 3. The molecule has 1 aromatic heterocycles. The number of aromatic nitrogens is 2. The van der Waals surface area contributed by atoms with Crippen molar-refractivity contribution in [1.29, 1.82) is 0 Å². The summed E-state index contributed by atoms with van der Waals surface area (Å²) in [5, 5.41) is 12.7. The number of likely N-dealkylation sites (tertiary alicyclic amines) is 1. The van der Waals surface area contributed by atoms with Crippen LogP contribution < -0.4 is 10.6 Å². The van der Waals surface area contributed by atoms with Gasteiger partial charge in [0.15, 0.2) is 11.5 Å². The maximum absolute atomic E-state index is 12.1. The van der Waals surface area contributed by atoms with Crippen molar-refractivity contribution in [1.82, 2.24) is 20.4 Å². The van der Waals surface area contributed by atoms with Gasteiger partial charge in [0.1, 0.15) is 0 Å². The van der Waals surface area contributed by atoms with Gasteiger partial charge in [-0.25, -0.2) is 4.79 Å². The molecule has 0 radical (unpaired) electrons. The highest BCUT2D eigenvalue weighted by Crippen LogP contribution is 2.14. The topological polar surface area (TPSA) is 96.5 Å². The summed E-state index contributed by atoms with van der Waals surface area (Å²) in [7, 11) is 1.52. The fraction of sp³-hybridized carbons (Fsp3) is 0.538. The lowest BCUT2D eigenvalue weighted by molar-refractivity contribution is 0.0715. The number of hydrogen-bond donors (Lipinski definition) is 2. The Labute approximate surface area is 122 Å². The van der Waals surface area contributed by atoms with E-state index in [1.54, 1.807) is 11.0 Å². The van der Waals surface area contributed by atoms with E-state index < -0.39 is 0 Å². The number of rotatable bonds is 4. The molecular weight excluding hydrogens is 274 g/mol. The zero-order chi connectivity index (χ0) is 15.2. The van der Waals surface area contributed by atoms with Gasteiger partial charge in [0.05, 0.1) is 6.10 Å². The lowest BCUT2D eigenvalue weighted by Gasteiger charge is -2.16. The van der Waals surface area contributed by atoms with Crippen LogP contribution in [0.15, 0.2) is 12.1 Å². The fourth-order valence-corrected chi connectivity index (χ4v) is 2.12. The van der Waals surface area contributed by atoms with Crippen LogP contribution in [0.3, 0.4) is 0 Å². The molecule has 1 aromatic rings. The average molecular weight is 293 g/mol. The molecule has 8 nitrogen and oxygen atoms in total. The zero-order valence-corrected chi connectivity index (χ0v) is 12.1. The predicted molar refractivity (Wildman–Crippen MR) is 76.0 cm³/mol. The Morgan fingerprint density at radius 1 is 1.43 bits per heavy atom. The molecule has 0 aromatic carbocycles. The van der Waals surface area contributed by atoms with Crippen LogP contribution in [0, 0.1) is 0 Å². The summed E-state index contributed by atoms with van der Waals surface area (Å²) in [6.45, 7) is 3.81. The van der Waals surface area contributed by atoms with Crippen molar-refractivity contribution < 1.29 is 14.3 Å². The van der Waals surface area contributed by atoms with Crippen molar-refractivity contribution in [2.24, 2.45) is 0 Å². The first-order valence-corrected chi connectivity index (χ1v) is 6.87. The van der Waals surface area contributed by atoms with Crippen molar-refractivity contribution in [3.05, 3.63) is 17.8 Å². The number of carbonyl (C=O) groups is 2. The van der Waals surface area contributed by atoms with Crippen LogP contribution in [0.1, 0.15) is 23.8 Å². The van der Waals surface area contributed by atoms with E-state index in [4.69, 9.17) is 4.74 Å². The highest BCUT2D eigenvalue weighted by Gasteiger charge is 2.26. The highest BCUT2D eigenvalue weighted by atomic mass is 16.5. The second kappa shape index (κ2) is 6.98. The Morgan fingerprint density at radius 2 is 2.24 bits per heavy atom. The molecule has 0 saturated carbocycles. The standard InChI is InChI=1S/C13H19N5O3/c1-3-21-9-6-7-18(8-9)13(20)15-11-5-4-10(16-17-11)12(19)14-2/h4-5,9H,3,6-8H2,1-2H3,(H,14,19)(H,15,17,20)/t9-/m0/s1. The molecule has 0 bridgehead atoms. The Morgan fingerprint density at radius 3 is 2.86 bits per heavy atom. The summed E-state index contributed by atoms with van der Waals surface area (Å²) in [5.74, 6) is -0.00742. The number of hydrogen-bond acceptors (Lipinski definition) is 5. The molecule has 1 aliphatic rings. The summed E-state index contributed by atoms with van der Waals surface area (Å²) in [6, 6.07) is 2.82. The number of carbonyl (C=O) groups excluding carboxylic acids is 2. The number of urea groups is 1. The van der Waals surface area contributed by atoms with E-state index in [1.165, 1.54) is 13.1 Å². The SMILES string of the molecule is CCO[C@H]1CCN(C(=O)Nc2ccc(C(=O)NC)nn2)C1. The van der Waals surface area contributed by atoms with Crippen molar-refractivity contribution in [2.45, 2.75) is 19.4 Å². The van der Waals surface area contributed by atoms with Gasteiger partial charge in [-0.3, -0.25) is 10.1 Å². The van der Waals surface area contributed by atoms with Crippen LogP contribution in [-0.4, -0.2) is 59.9 Å². The van der Waals surface area contributed by atoms with Gasteiger partial charge in [-0.2, -0.15) is 0 Å². The molecule has 0 aliphatic carbocycles. The normalized spacial score (nSPS) is 17.6. The quantitative estimate of drug-likeness (QED) is 0.841. The van der Waals surface area contributed by atoms with Crippen LogP contribution in [0.2, 0.25) is 0 Å². The van der Waals surface area contributed by atoms with Crippen LogP contribution >= 0.6 is 0 Å². The number of nitrogens with one attached hydrogen (secondary N) is 2. The van der Waals surface area contributed by atoms with Gasteiger partial charge in [-0.05, 0) is 25.5 Å². The van der Waals surface area contributed by atoms with Gasteiger partial charge in [-0.15, -0.1) is 10.2 Å². The Bertz CT molecular complexity index is 505. The predicted octanol–water partition coefficient (Wildman–Crippen LogP) is 0.479. The Balaban J connectivity index is 1.90. The molecule has 2 heterocycles. The summed E-state index contributed by atoms with van der Waals surface area (Å²) < 4.78 is 5.49. The van der Waals surface area contributed by atoms with E-state index in [2.05, 4.69) is 20.8 Å². The van der Waals surface area contributed by atoms with Crippen molar-refractivity contribution in [3.63, 3.8) is 0 Å². The van der Waals surface area contributed by atoms with Gasteiger partial charge < -0.3 is 15.0 Å². The fourth-order valence-electron chi connectivity index (χ4n) is 2.12. The molecule has 8 heteroatoms. The first kappa shape index (κ1) is 15.2. The molecule has 0 spiro atoms. The smallest absolute Gasteiger partial charge is 0.323 e. The minimum Gasteiger partial charge on any atom is -0.377 e. The van der Waals surface area contributed by atoms with E-state index in [0.717, 1.165) is 6.42 Å². The molecule has 3 amide bonds. The molecule has 1 saturated heterocycles. The third-order valence-electron chi connectivity index (χ3n) is 3.19. The summed E-state index contributed by atoms with van der Waals surface area (Å²) in [5.41, 5.74) is 0.202. The number of anilines is 1. The van der Waals surface area contributed by atoms with E-state index in [0.29, 0.717) is 25.5 Å². The molecule has 21 heavy (non-hydrogen) atoms. The highest BCUT2D eigenvalue weighted by molar-refractivity contribution is 5.92. The molecule has 1 fully saturated rings. The second-order valence-electron chi connectivity index (χ2n) is 4.63. The summed E-state index contributed by atoms with van der Waals surface area (Å²) in [4.78, 5) is 25.1. The van der Waals surface area contributed by atoms with Crippen LogP contribution in [0.4, 0.5) is 10.6 Å². The van der Waals surface area contributed by atoms with E-state index >= 15 is 0 Å². The average Bonchev–Trinajstić information content (AvgIpc) is 2.96. The minimum atomic E-state index is -0.320. The summed E-state index contributed by atoms with van der Waals surface area (Å²) in [6.07, 6.45) is 0.935. The molecule has 2 rings (SSSR count). The van der Waals surface area contributed by atoms with Crippen LogP contribution in [0.5, 0.6) is 0 Å².